The number of nitrogens with zero attached hydrogens (tertiary/aromatic N) is 1. The molecule has 0 aliphatic carbocycles. The van der Waals surface area contributed by atoms with Crippen molar-refractivity contribution in [3.05, 3.63) is 35.9 Å². The summed E-state index contributed by atoms with van der Waals surface area (Å²) in [5.74, 6) is 0. The zero-order chi connectivity index (χ0) is 19.5. The van der Waals surface area contributed by atoms with Gasteiger partial charge in [-0.05, 0) is 50.3 Å². The largest absolute Gasteiger partial charge is 0.410 e. The van der Waals surface area contributed by atoms with Crippen LogP contribution in [0.4, 0.5) is 0 Å². The summed E-state index contributed by atoms with van der Waals surface area (Å²) in [6.45, 7) is 19.5. The number of hydrogen-bond donors (Lipinski definition) is 0. The second kappa shape index (κ2) is 7.75. The predicted molar refractivity (Wildman–Crippen MR) is 111 cm³/mol. The van der Waals surface area contributed by atoms with Gasteiger partial charge in [0.05, 0.1) is 12.2 Å². The van der Waals surface area contributed by atoms with Crippen LogP contribution in [-0.4, -0.2) is 28.3 Å². The van der Waals surface area contributed by atoms with Crippen molar-refractivity contribution in [2.75, 3.05) is 0 Å². The van der Waals surface area contributed by atoms with E-state index in [2.05, 4.69) is 71.7 Å². The molecule has 0 fully saturated rings. The molecule has 0 N–H and O–H groups in total. The van der Waals surface area contributed by atoms with E-state index >= 15 is 0 Å². The summed E-state index contributed by atoms with van der Waals surface area (Å²) in [4.78, 5) is 0. The van der Waals surface area contributed by atoms with Gasteiger partial charge in [0.15, 0.2) is 22.2 Å². The highest BCUT2D eigenvalue weighted by molar-refractivity contribution is 6.74. The molecule has 0 saturated heterocycles. The molecule has 5 heteroatoms. The molecule has 0 bridgehead atoms. The molecule has 3 nitrogen and oxygen atoms in total. The fourth-order valence-electron chi connectivity index (χ4n) is 2.58. The molecule has 0 spiro atoms. The molecule has 0 radical (unpaired) electrons. The van der Waals surface area contributed by atoms with Gasteiger partial charge in [-0.1, -0.05) is 51.1 Å². The molecule has 1 aromatic carbocycles. The van der Waals surface area contributed by atoms with Gasteiger partial charge in [0.1, 0.15) is 0 Å². The van der Waals surface area contributed by atoms with Gasteiger partial charge in [0, 0.05) is 6.42 Å². The lowest BCUT2D eigenvalue weighted by atomic mass is 9.91. The lowest BCUT2D eigenvalue weighted by Crippen LogP contribution is -2.56. The Balaban J connectivity index is 3.23. The van der Waals surface area contributed by atoms with Crippen molar-refractivity contribution >= 4 is 16.6 Å². The van der Waals surface area contributed by atoms with Crippen LogP contribution in [-0.2, 0) is 15.3 Å². The Kier molecular flexibility index (Phi) is 6.85. The SMILES string of the molecule is C[C@H](O[Si](C)(C)C(C)(C)C)C(C#N)(Cc1ccccc1)O[Si](C)(C)C. The maximum atomic E-state index is 10.2. The Morgan fingerprint density at radius 2 is 1.56 bits per heavy atom. The molecular formula is C20H35NO2Si2. The van der Waals surface area contributed by atoms with Crippen molar-refractivity contribution in [3.8, 4) is 6.07 Å². The van der Waals surface area contributed by atoms with Crippen molar-refractivity contribution in [2.24, 2.45) is 0 Å². The lowest BCUT2D eigenvalue weighted by Gasteiger charge is -2.44. The number of rotatable bonds is 7. The maximum Gasteiger partial charge on any atom is 0.192 e. The molecule has 1 unspecified atom stereocenters. The average molecular weight is 378 g/mol. The standard InChI is InChI=1S/C20H35NO2Si2/c1-17(22-25(8,9)19(2,3)4)20(16-21,23-24(5,6)7)15-18-13-11-10-12-14-18/h10-14,17H,15H2,1-9H3/t17-,20?/m0/s1. The summed E-state index contributed by atoms with van der Waals surface area (Å²) in [5.41, 5.74) is 0.148. The van der Waals surface area contributed by atoms with Crippen LogP contribution >= 0.6 is 0 Å². The highest BCUT2D eigenvalue weighted by atomic mass is 28.4. The first-order chi connectivity index (χ1) is 11.2. The van der Waals surface area contributed by atoms with E-state index in [4.69, 9.17) is 8.85 Å². The molecule has 2 atom stereocenters. The minimum absolute atomic E-state index is 0.0916. The maximum absolute atomic E-state index is 10.2. The van der Waals surface area contributed by atoms with Gasteiger partial charge in [-0.25, -0.2) is 0 Å². The smallest absolute Gasteiger partial charge is 0.192 e. The minimum atomic E-state index is -2.00. The Bertz CT molecular complexity index is 597. The van der Waals surface area contributed by atoms with Crippen molar-refractivity contribution in [1.82, 2.24) is 0 Å². The van der Waals surface area contributed by atoms with E-state index in [9.17, 15) is 5.26 Å². The van der Waals surface area contributed by atoms with E-state index in [1.54, 1.807) is 0 Å². The first kappa shape index (κ1) is 22.1. The Hall–Kier alpha value is -0.936. The zero-order valence-electron chi connectivity index (χ0n) is 17.4. The third-order valence-electron chi connectivity index (χ3n) is 4.92. The number of benzene rings is 1. The Morgan fingerprint density at radius 3 is 1.96 bits per heavy atom. The molecule has 0 amide bonds. The summed E-state index contributed by atoms with van der Waals surface area (Å²) in [5, 5.41) is 10.2. The summed E-state index contributed by atoms with van der Waals surface area (Å²) in [7, 11) is -3.94. The molecule has 0 saturated carbocycles. The highest BCUT2D eigenvalue weighted by Crippen LogP contribution is 2.39. The normalized spacial score (nSPS) is 16.8. The fraction of sp³-hybridized carbons (Fsp3) is 0.650. The molecule has 1 aromatic rings. The Morgan fingerprint density at radius 1 is 1.04 bits per heavy atom. The van der Waals surface area contributed by atoms with Gasteiger partial charge >= 0.3 is 0 Å². The van der Waals surface area contributed by atoms with E-state index in [0.717, 1.165) is 5.56 Å². The van der Waals surface area contributed by atoms with E-state index in [1.165, 1.54) is 0 Å². The number of hydrogen-bond acceptors (Lipinski definition) is 3. The summed E-state index contributed by atoms with van der Waals surface area (Å²) in [6, 6.07) is 12.6. The van der Waals surface area contributed by atoms with Crippen molar-refractivity contribution in [2.45, 2.75) is 83.6 Å². The summed E-state index contributed by atoms with van der Waals surface area (Å²) < 4.78 is 13.1. The van der Waals surface area contributed by atoms with Gasteiger partial charge in [-0.15, -0.1) is 0 Å². The summed E-state index contributed by atoms with van der Waals surface area (Å²) in [6.07, 6.45) is 0.259. The molecule has 0 heterocycles. The first-order valence-electron chi connectivity index (χ1n) is 9.06. The molecule has 25 heavy (non-hydrogen) atoms. The number of nitriles is 1. The summed E-state index contributed by atoms with van der Waals surface area (Å²) >= 11 is 0. The van der Waals surface area contributed by atoms with E-state index in [1.807, 2.05) is 25.1 Å². The van der Waals surface area contributed by atoms with Crippen LogP contribution in [0, 0.1) is 11.3 Å². The van der Waals surface area contributed by atoms with Crippen LogP contribution in [0.2, 0.25) is 37.8 Å². The minimum Gasteiger partial charge on any atom is -0.410 e. The first-order valence-corrected chi connectivity index (χ1v) is 15.4. The topological polar surface area (TPSA) is 42.2 Å². The van der Waals surface area contributed by atoms with E-state index < -0.39 is 22.2 Å². The van der Waals surface area contributed by atoms with Gasteiger partial charge in [0.2, 0.25) is 0 Å². The zero-order valence-corrected chi connectivity index (χ0v) is 19.4. The van der Waals surface area contributed by atoms with Crippen molar-refractivity contribution < 1.29 is 8.85 Å². The molecular weight excluding hydrogens is 342 g/mol. The molecule has 140 valence electrons. The average Bonchev–Trinajstić information content (AvgIpc) is 2.44. The third-order valence-corrected chi connectivity index (χ3v) is 10.5. The molecule has 0 aliphatic heterocycles. The quantitative estimate of drug-likeness (QED) is 0.568. The lowest BCUT2D eigenvalue weighted by molar-refractivity contribution is -0.00174. The predicted octanol–water partition coefficient (Wildman–Crippen LogP) is 5.75. The van der Waals surface area contributed by atoms with Crippen LogP contribution in [0.5, 0.6) is 0 Å². The highest BCUT2D eigenvalue weighted by Gasteiger charge is 2.47. The second-order valence-corrected chi connectivity index (χ2v) is 18.6. The van der Waals surface area contributed by atoms with Gasteiger partial charge < -0.3 is 8.85 Å². The van der Waals surface area contributed by atoms with Crippen LogP contribution < -0.4 is 0 Å². The second-order valence-electron chi connectivity index (χ2n) is 9.40. The van der Waals surface area contributed by atoms with Crippen LogP contribution in [0.3, 0.4) is 0 Å². The van der Waals surface area contributed by atoms with Crippen LogP contribution in [0.15, 0.2) is 30.3 Å². The van der Waals surface area contributed by atoms with E-state index in [-0.39, 0.29) is 11.1 Å². The van der Waals surface area contributed by atoms with Crippen molar-refractivity contribution in [3.63, 3.8) is 0 Å². The fourth-order valence-corrected chi connectivity index (χ4v) is 5.38. The third kappa shape index (κ3) is 6.07. The molecule has 0 aliphatic rings. The van der Waals surface area contributed by atoms with Gasteiger partial charge in [-0.3, -0.25) is 0 Å². The van der Waals surface area contributed by atoms with Gasteiger partial charge in [-0.2, -0.15) is 5.26 Å². The Labute approximate surface area is 156 Å². The van der Waals surface area contributed by atoms with Crippen molar-refractivity contribution in [1.29, 1.82) is 5.26 Å². The van der Waals surface area contributed by atoms with Crippen LogP contribution in [0.1, 0.15) is 33.3 Å². The molecule has 0 aromatic heterocycles. The monoisotopic (exact) mass is 377 g/mol. The van der Waals surface area contributed by atoms with E-state index in [0.29, 0.717) is 6.42 Å². The molecule has 1 rings (SSSR count). The van der Waals surface area contributed by atoms with Crippen LogP contribution in [0.25, 0.3) is 0 Å². The van der Waals surface area contributed by atoms with Gasteiger partial charge in [0.25, 0.3) is 0 Å².